The lowest BCUT2D eigenvalue weighted by atomic mass is 10.1. The van der Waals surface area contributed by atoms with Crippen molar-refractivity contribution in [3.05, 3.63) is 24.3 Å². The number of benzene rings is 1. The highest BCUT2D eigenvalue weighted by molar-refractivity contribution is 5.97. The molecule has 1 aliphatic heterocycles. The molecule has 0 aliphatic carbocycles. The van der Waals surface area contributed by atoms with Gasteiger partial charge in [0.05, 0.1) is 18.9 Å². The number of primary amides is 1. The molecule has 0 saturated carbocycles. The molecule has 1 aromatic carbocycles. The third-order valence-electron chi connectivity index (χ3n) is 3.09. The van der Waals surface area contributed by atoms with Crippen LogP contribution < -0.4 is 21.1 Å². The average molecular weight is 291 g/mol. The zero-order valence-electron chi connectivity index (χ0n) is 11.4. The van der Waals surface area contributed by atoms with E-state index in [1.165, 1.54) is 0 Å². The second kappa shape index (κ2) is 6.74. The van der Waals surface area contributed by atoms with Gasteiger partial charge < -0.3 is 21.1 Å². The summed E-state index contributed by atoms with van der Waals surface area (Å²) in [4.78, 5) is 33.5. The Hall–Kier alpha value is -2.57. The monoisotopic (exact) mass is 291 g/mol. The van der Waals surface area contributed by atoms with Crippen LogP contribution in [0, 0.1) is 5.92 Å². The maximum atomic E-state index is 11.9. The summed E-state index contributed by atoms with van der Waals surface area (Å²) in [6.07, 6.45) is 0.376. The van der Waals surface area contributed by atoms with Crippen LogP contribution in [0.2, 0.25) is 0 Å². The molecule has 112 valence electrons. The van der Waals surface area contributed by atoms with E-state index in [9.17, 15) is 14.4 Å². The van der Waals surface area contributed by atoms with E-state index in [1.54, 1.807) is 24.3 Å². The van der Waals surface area contributed by atoms with Crippen molar-refractivity contribution in [3.63, 3.8) is 0 Å². The minimum Gasteiger partial charge on any atom is -0.493 e. The summed E-state index contributed by atoms with van der Waals surface area (Å²) < 4.78 is 5.32. The molecule has 7 nitrogen and oxygen atoms in total. The first-order valence-corrected chi connectivity index (χ1v) is 6.63. The highest BCUT2D eigenvalue weighted by Gasteiger charge is 2.27. The number of amides is 3. The van der Waals surface area contributed by atoms with Gasteiger partial charge in [-0.1, -0.05) is 0 Å². The Balaban J connectivity index is 1.83. The third kappa shape index (κ3) is 4.48. The van der Waals surface area contributed by atoms with Crippen molar-refractivity contribution in [2.24, 2.45) is 11.7 Å². The summed E-state index contributed by atoms with van der Waals surface area (Å²) in [5.41, 5.74) is 5.64. The Morgan fingerprint density at radius 1 is 1.33 bits per heavy atom. The second-order valence-electron chi connectivity index (χ2n) is 4.78. The van der Waals surface area contributed by atoms with Crippen LogP contribution in [0.5, 0.6) is 5.75 Å². The van der Waals surface area contributed by atoms with E-state index >= 15 is 0 Å². The molecule has 0 radical (unpaired) electrons. The third-order valence-corrected chi connectivity index (χ3v) is 3.09. The molecule has 0 bridgehead atoms. The Kier molecular flexibility index (Phi) is 4.76. The molecule has 0 aromatic heterocycles. The van der Waals surface area contributed by atoms with E-state index in [0.29, 0.717) is 18.0 Å². The fourth-order valence-electron chi connectivity index (χ4n) is 1.94. The number of nitrogens with one attached hydrogen (secondary N) is 2. The molecule has 21 heavy (non-hydrogen) atoms. The van der Waals surface area contributed by atoms with Crippen LogP contribution in [-0.2, 0) is 14.4 Å². The fraction of sp³-hybridized carbons (Fsp3) is 0.357. The highest BCUT2D eigenvalue weighted by atomic mass is 16.5. The average Bonchev–Trinajstić information content (AvgIpc) is 2.87. The summed E-state index contributed by atoms with van der Waals surface area (Å²) >= 11 is 0. The number of nitrogens with two attached hydrogens (primary N) is 1. The van der Waals surface area contributed by atoms with Crippen molar-refractivity contribution in [2.45, 2.75) is 12.8 Å². The van der Waals surface area contributed by atoms with Gasteiger partial charge in [-0.2, -0.15) is 0 Å². The van der Waals surface area contributed by atoms with E-state index in [4.69, 9.17) is 10.5 Å². The summed E-state index contributed by atoms with van der Waals surface area (Å²) in [6, 6.07) is 6.77. The van der Waals surface area contributed by atoms with Gasteiger partial charge in [-0.3, -0.25) is 14.4 Å². The number of carbonyl (C=O) groups excluding carboxylic acids is 3. The summed E-state index contributed by atoms with van der Waals surface area (Å²) in [5, 5.41) is 5.37. The lowest BCUT2D eigenvalue weighted by Crippen LogP contribution is -2.24. The zero-order chi connectivity index (χ0) is 15.2. The lowest BCUT2D eigenvalue weighted by Gasteiger charge is -2.10. The molecule has 1 unspecified atom stereocenters. The number of hydrogen-bond donors (Lipinski definition) is 3. The van der Waals surface area contributed by atoms with Gasteiger partial charge in [0.25, 0.3) is 0 Å². The number of ether oxygens (including phenoxy) is 1. The van der Waals surface area contributed by atoms with Crippen molar-refractivity contribution >= 4 is 23.4 Å². The SMILES string of the molecule is NC(=O)CCOc1ccc(NC(=O)C2CNC(=O)C2)cc1. The first-order valence-electron chi connectivity index (χ1n) is 6.63. The van der Waals surface area contributed by atoms with Crippen LogP contribution in [0.25, 0.3) is 0 Å². The van der Waals surface area contributed by atoms with Crippen LogP contribution >= 0.6 is 0 Å². The summed E-state index contributed by atoms with van der Waals surface area (Å²) in [7, 11) is 0. The molecule has 1 aliphatic rings. The Bertz CT molecular complexity index is 542. The van der Waals surface area contributed by atoms with Crippen molar-refractivity contribution < 1.29 is 19.1 Å². The van der Waals surface area contributed by atoms with Gasteiger partial charge in [-0.25, -0.2) is 0 Å². The minimum atomic E-state index is -0.418. The van der Waals surface area contributed by atoms with E-state index in [-0.39, 0.29) is 37.2 Å². The van der Waals surface area contributed by atoms with Gasteiger partial charge in [0.2, 0.25) is 17.7 Å². The van der Waals surface area contributed by atoms with Crippen LogP contribution in [0.15, 0.2) is 24.3 Å². The predicted molar refractivity (Wildman–Crippen MR) is 75.5 cm³/mol. The topological polar surface area (TPSA) is 111 Å². The first-order chi connectivity index (χ1) is 10.0. The minimum absolute atomic E-state index is 0.103. The van der Waals surface area contributed by atoms with Crippen LogP contribution in [0.1, 0.15) is 12.8 Å². The first kappa shape index (κ1) is 14.8. The summed E-state index contributed by atoms with van der Waals surface area (Å²) in [6.45, 7) is 0.593. The molecule has 4 N–H and O–H groups in total. The fourth-order valence-corrected chi connectivity index (χ4v) is 1.94. The van der Waals surface area contributed by atoms with Gasteiger partial charge in [0.15, 0.2) is 0 Å². The van der Waals surface area contributed by atoms with Gasteiger partial charge in [-0.15, -0.1) is 0 Å². The van der Waals surface area contributed by atoms with Gasteiger partial charge in [0.1, 0.15) is 5.75 Å². The number of rotatable bonds is 6. The number of carbonyl (C=O) groups is 3. The number of hydrogen-bond acceptors (Lipinski definition) is 4. The van der Waals surface area contributed by atoms with Crippen molar-refractivity contribution in [1.82, 2.24) is 5.32 Å². The second-order valence-corrected chi connectivity index (χ2v) is 4.78. The summed E-state index contributed by atoms with van der Waals surface area (Å²) in [5.74, 6) is -0.446. The maximum absolute atomic E-state index is 11.9. The van der Waals surface area contributed by atoms with E-state index < -0.39 is 5.91 Å². The van der Waals surface area contributed by atoms with Crippen molar-refractivity contribution in [2.75, 3.05) is 18.5 Å². The van der Waals surface area contributed by atoms with Crippen LogP contribution in [0.4, 0.5) is 5.69 Å². The molecule has 1 atom stereocenters. The van der Waals surface area contributed by atoms with E-state index in [2.05, 4.69) is 10.6 Å². The normalized spacial score (nSPS) is 17.1. The molecule has 1 saturated heterocycles. The quantitative estimate of drug-likeness (QED) is 0.686. The van der Waals surface area contributed by atoms with Crippen LogP contribution in [0.3, 0.4) is 0 Å². The van der Waals surface area contributed by atoms with Crippen LogP contribution in [-0.4, -0.2) is 30.9 Å². The largest absolute Gasteiger partial charge is 0.493 e. The van der Waals surface area contributed by atoms with Gasteiger partial charge in [-0.05, 0) is 24.3 Å². The lowest BCUT2D eigenvalue weighted by molar-refractivity contribution is -0.123. The maximum Gasteiger partial charge on any atom is 0.229 e. The van der Waals surface area contributed by atoms with E-state index in [0.717, 1.165) is 0 Å². The molecule has 3 amide bonds. The molecule has 1 fully saturated rings. The zero-order valence-corrected chi connectivity index (χ0v) is 11.4. The van der Waals surface area contributed by atoms with Gasteiger partial charge >= 0.3 is 0 Å². The number of anilines is 1. The smallest absolute Gasteiger partial charge is 0.229 e. The van der Waals surface area contributed by atoms with E-state index in [1.807, 2.05) is 0 Å². The van der Waals surface area contributed by atoms with Crippen molar-refractivity contribution in [1.29, 1.82) is 0 Å². The molecule has 2 rings (SSSR count). The Morgan fingerprint density at radius 3 is 2.62 bits per heavy atom. The molecule has 7 heteroatoms. The highest BCUT2D eigenvalue weighted by Crippen LogP contribution is 2.18. The molecular weight excluding hydrogens is 274 g/mol. The molecule has 1 heterocycles. The Labute approximate surface area is 121 Å². The molecule has 0 spiro atoms. The van der Waals surface area contributed by atoms with Gasteiger partial charge in [0, 0.05) is 18.7 Å². The predicted octanol–water partition coefficient (Wildman–Crippen LogP) is 0.0154. The molecule has 1 aromatic rings. The standard InChI is InChI=1S/C14H17N3O4/c15-12(18)5-6-21-11-3-1-10(2-4-11)17-14(20)9-7-13(19)16-8-9/h1-4,9H,5-8H2,(H2,15,18)(H,16,19)(H,17,20). The van der Waals surface area contributed by atoms with Crippen molar-refractivity contribution in [3.8, 4) is 5.75 Å². The Morgan fingerprint density at radius 2 is 2.05 bits per heavy atom. The molecular formula is C14H17N3O4.